The van der Waals surface area contributed by atoms with Gasteiger partial charge in [0, 0.05) is 28.4 Å². The molecule has 1 aromatic heterocycles. The predicted molar refractivity (Wildman–Crippen MR) is 335 cm³/mol. The first-order valence-corrected chi connectivity index (χ1v) is 31.7. The number of ether oxygens (including phenoxy) is 8. The van der Waals surface area contributed by atoms with Crippen molar-refractivity contribution in [1.29, 1.82) is 0 Å². The van der Waals surface area contributed by atoms with Gasteiger partial charge in [-0.05, 0) is 194 Å². The van der Waals surface area contributed by atoms with Crippen LogP contribution in [0.4, 0.5) is 5.13 Å². The van der Waals surface area contributed by atoms with Gasteiger partial charge in [-0.15, -0.1) is 11.8 Å². The second kappa shape index (κ2) is 34.8. The number of rotatable bonds is 33. The molecule has 2 aliphatic rings. The van der Waals surface area contributed by atoms with Crippen LogP contribution in [0.25, 0.3) is 10.2 Å². The lowest BCUT2D eigenvalue weighted by Gasteiger charge is -2.26. The van der Waals surface area contributed by atoms with E-state index in [1.54, 1.807) is 84.7 Å². The number of fused-ring (bicyclic) bond motifs is 1. The number of nitrogens with zero attached hydrogens (tertiary/aromatic N) is 3. The van der Waals surface area contributed by atoms with Crippen molar-refractivity contribution in [3.8, 4) is 34.5 Å². The van der Waals surface area contributed by atoms with Crippen molar-refractivity contribution in [3.63, 3.8) is 0 Å². The number of carbonyl (C=O) groups excluding carboxylic acids is 6. The zero-order chi connectivity index (χ0) is 61.0. The second-order valence-corrected chi connectivity index (χ2v) is 23.4. The van der Waals surface area contributed by atoms with Gasteiger partial charge in [0.15, 0.2) is 0 Å². The lowest BCUT2D eigenvalue weighted by atomic mass is 9.82. The van der Waals surface area contributed by atoms with Gasteiger partial charge in [0.25, 0.3) is 0 Å². The third kappa shape index (κ3) is 21.3. The van der Waals surface area contributed by atoms with Gasteiger partial charge in [0.2, 0.25) is 5.13 Å². The summed E-state index contributed by atoms with van der Waals surface area (Å²) >= 11 is 3.20. The number of aromatic nitrogens is 1. The van der Waals surface area contributed by atoms with Gasteiger partial charge in [-0.2, -0.15) is 5.10 Å². The highest BCUT2D eigenvalue weighted by Crippen LogP contribution is 2.36. The Balaban J connectivity index is 0.849. The smallest absolute Gasteiger partial charge is 0.330 e. The fourth-order valence-corrected chi connectivity index (χ4v) is 11.7. The van der Waals surface area contributed by atoms with Gasteiger partial charge in [-0.3, -0.25) is 19.2 Å². The molecular weight excluding hydrogens is 1150 g/mol. The van der Waals surface area contributed by atoms with Crippen LogP contribution in [0.2, 0.25) is 0 Å². The Bertz CT molecular complexity index is 3210. The van der Waals surface area contributed by atoms with Crippen molar-refractivity contribution in [2.24, 2.45) is 28.8 Å². The van der Waals surface area contributed by atoms with Gasteiger partial charge in [-0.1, -0.05) is 54.8 Å². The molecule has 1 heterocycles. The molecule has 6 aromatic rings. The van der Waals surface area contributed by atoms with E-state index in [1.807, 2.05) is 47.5 Å². The van der Waals surface area contributed by atoms with Crippen LogP contribution in [0.1, 0.15) is 108 Å². The van der Waals surface area contributed by atoms with E-state index < -0.39 is 41.6 Å². The molecule has 0 aliphatic heterocycles. The molecule has 2 aliphatic carbocycles. The number of hydrazone groups is 1. The molecule has 0 N–H and O–H groups in total. The predicted octanol–water partition coefficient (Wildman–Crippen LogP) is 13.9. The molecule has 17 nitrogen and oxygen atoms in total. The standard InChI is InChI=1S/C68H75N3O14S2/c1-3-62(72)80-43-16-7-5-14-41-78-53-30-34-55(35-31-53)82-64(74)48-22-24-50(25-23-48)66(76)84-57-38-39-60(52(46-57)47-69-71(40-45-86-58-18-10-9-11-19-58)68-70-59-20-12-13-21-61(59)87-68)85-67(77)51-28-26-49(27-29-51)65(75)83-56-36-32-54(33-37-56)79-42-15-6-8-17-44-81-63(73)4-2/h3-4,9-13,18-21,30-39,46-51H,1-2,5-8,14-17,22-29,40-45H2/b69-47+. The third-order valence-electron chi connectivity index (χ3n) is 14.9. The first kappa shape index (κ1) is 64.7. The van der Waals surface area contributed by atoms with E-state index in [0.29, 0.717) is 124 Å². The lowest BCUT2D eigenvalue weighted by Crippen LogP contribution is -2.30. The lowest BCUT2D eigenvalue weighted by molar-refractivity contribution is -0.145. The molecule has 0 saturated heterocycles. The monoisotopic (exact) mass is 1220 g/mol. The SMILES string of the molecule is C=CC(=O)OCCCCCCOc1ccc(OC(=O)C2CCC(C(=O)Oc3ccc(OC(=O)C4CCC(C(=O)Oc5ccc(OCCCCCCOC(=O)C=C)cc5)CC4)c(/C=N/N(CCSc4ccccc4)c4nc5ccccc5s4)c3)CC2)cc1. The summed E-state index contributed by atoms with van der Waals surface area (Å²) in [5, 5.41) is 7.45. The van der Waals surface area contributed by atoms with E-state index in [2.05, 4.69) is 25.3 Å². The number of unbranched alkanes of at least 4 members (excludes halogenated alkanes) is 6. The van der Waals surface area contributed by atoms with E-state index >= 15 is 0 Å². The Hall–Kier alpha value is -8.29. The molecular formula is C68H75N3O14S2. The summed E-state index contributed by atoms with van der Waals surface area (Å²) in [7, 11) is 0. The molecule has 2 saturated carbocycles. The highest BCUT2D eigenvalue weighted by atomic mass is 32.2. The summed E-state index contributed by atoms with van der Waals surface area (Å²) in [5.74, 6) is -0.873. The van der Waals surface area contributed by atoms with Crippen molar-refractivity contribution in [2.75, 3.05) is 43.7 Å². The zero-order valence-electron chi connectivity index (χ0n) is 48.9. The number of anilines is 1. The zero-order valence-corrected chi connectivity index (χ0v) is 50.6. The van der Waals surface area contributed by atoms with Crippen LogP contribution in [0.15, 0.2) is 157 Å². The van der Waals surface area contributed by atoms with Crippen molar-refractivity contribution in [3.05, 3.63) is 152 Å². The van der Waals surface area contributed by atoms with E-state index in [4.69, 9.17) is 48.0 Å². The highest BCUT2D eigenvalue weighted by molar-refractivity contribution is 7.99. The minimum absolute atomic E-state index is 0.222. The van der Waals surface area contributed by atoms with Crippen LogP contribution in [0, 0.1) is 23.7 Å². The van der Waals surface area contributed by atoms with Crippen molar-refractivity contribution < 1.29 is 66.7 Å². The molecule has 0 amide bonds. The summed E-state index contributed by atoms with van der Waals surface area (Å²) in [4.78, 5) is 82.9. The van der Waals surface area contributed by atoms with Gasteiger partial charge < -0.3 is 37.9 Å². The minimum atomic E-state index is -0.480. The number of esters is 6. The van der Waals surface area contributed by atoms with Crippen LogP contribution in [0.5, 0.6) is 34.5 Å². The van der Waals surface area contributed by atoms with Gasteiger partial charge in [0.1, 0.15) is 34.5 Å². The van der Waals surface area contributed by atoms with Gasteiger partial charge in [-0.25, -0.2) is 19.6 Å². The Kier molecular flexibility index (Phi) is 25.8. The van der Waals surface area contributed by atoms with E-state index in [1.165, 1.54) is 11.3 Å². The average Bonchev–Trinajstić information content (AvgIpc) is 3.61. The Morgan fingerprint density at radius 3 is 1.45 bits per heavy atom. The van der Waals surface area contributed by atoms with Gasteiger partial charge in [0.05, 0.1) is 73.1 Å². The van der Waals surface area contributed by atoms with Crippen LogP contribution in [0.3, 0.4) is 0 Å². The molecule has 0 bridgehead atoms. The molecule has 2 fully saturated rings. The van der Waals surface area contributed by atoms with Crippen LogP contribution in [-0.4, -0.2) is 85.7 Å². The summed E-state index contributed by atoms with van der Waals surface area (Å²) in [5.41, 5.74) is 1.24. The number of carbonyl (C=O) groups is 6. The van der Waals surface area contributed by atoms with Crippen molar-refractivity contribution in [1.82, 2.24) is 4.98 Å². The number of hydrogen-bond acceptors (Lipinski definition) is 19. The van der Waals surface area contributed by atoms with Crippen molar-refractivity contribution in [2.45, 2.75) is 108 Å². The normalized spacial score (nSPS) is 16.5. The van der Waals surface area contributed by atoms with Crippen LogP contribution in [-0.2, 0) is 38.2 Å². The molecule has 87 heavy (non-hydrogen) atoms. The molecule has 19 heteroatoms. The summed E-state index contributed by atoms with van der Waals surface area (Å²) in [6.07, 6.45) is 14.3. The molecule has 0 atom stereocenters. The number of thioether (sulfide) groups is 1. The topological polar surface area (TPSA) is 205 Å². The molecule has 458 valence electrons. The first-order chi connectivity index (χ1) is 42.5. The Labute approximate surface area is 516 Å². The number of thiazole rings is 1. The second-order valence-electron chi connectivity index (χ2n) is 21.2. The van der Waals surface area contributed by atoms with Gasteiger partial charge >= 0.3 is 35.8 Å². The summed E-state index contributed by atoms with van der Waals surface area (Å²) in [6.45, 7) is 9.07. The van der Waals surface area contributed by atoms with Crippen LogP contribution >= 0.6 is 23.1 Å². The largest absolute Gasteiger partial charge is 0.494 e. The summed E-state index contributed by atoms with van der Waals surface area (Å²) in [6, 6.07) is 36.7. The number of benzene rings is 5. The molecule has 0 radical (unpaired) electrons. The summed E-state index contributed by atoms with van der Waals surface area (Å²) < 4.78 is 46.4. The highest BCUT2D eigenvalue weighted by Gasteiger charge is 2.34. The fourth-order valence-electron chi connectivity index (χ4n) is 9.94. The van der Waals surface area contributed by atoms with E-state index in [0.717, 1.165) is 78.6 Å². The average molecular weight is 1220 g/mol. The molecule has 0 spiro atoms. The minimum Gasteiger partial charge on any atom is -0.494 e. The molecule has 5 aromatic carbocycles. The maximum absolute atomic E-state index is 14.0. The van der Waals surface area contributed by atoms with E-state index in [9.17, 15) is 28.8 Å². The number of para-hydroxylation sites is 1. The number of hydrogen-bond donors (Lipinski definition) is 0. The maximum Gasteiger partial charge on any atom is 0.330 e. The Morgan fingerprint density at radius 1 is 0.517 bits per heavy atom. The quantitative estimate of drug-likeness (QED) is 0.00714. The molecule has 8 rings (SSSR count). The van der Waals surface area contributed by atoms with Crippen LogP contribution < -0.4 is 33.4 Å². The third-order valence-corrected chi connectivity index (χ3v) is 16.9. The Morgan fingerprint density at radius 2 is 0.954 bits per heavy atom. The van der Waals surface area contributed by atoms with E-state index in [-0.39, 0.29) is 29.4 Å². The maximum atomic E-state index is 14.0. The van der Waals surface area contributed by atoms with Crippen molar-refractivity contribution >= 4 is 80.5 Å². The first-order valence-electron chi connectivity index (χ1n) is 29.9. The fraction of sp³-hybridized carbons (Fsp3) is 0.382. The molecule has 0 unspecified atom stereocenters.